The van der Waals surface area contributed by atoms with E-state index in [0.29, 0.717) is 10.7 Å². The zero-order valence-electron chi connectivity index (χ0n) is 7.32. The molecule has 1 saturated heterocycles. The van der Waals surface area contributed by atoms with Crippen molar-refractivity contribution in [3.63, 3.8) is 0 Å². The monoisotopic (exact) mass is 205 g/mol. The Morgan fingerprint density at radius 2 is 1.69 bits per heavy atom. The summed E-state index contributed by atoms with van der Waals surface area (Å²) in [6, 6.07) is 0. The Balaban J connectivity index is 2.93. The summed E-state index contributed by atoms with van der Waals surface area (Å²) in [6.45, 7) is 1.68. The molecule has 0 bridgehead atoms. The second-order valence-electron chi connectivity index (χ2n) is 2.87. The predicted molar refractivity (Wildman–Crippen MR) is 45.2 cm³/mol. The van der Waals surface area contributed by atoms with Crippen molar-refractivity contribution in [2.75, 3.05) is 5.75 Å². The molecule has 1 heterocycles. The number of rotatable bonds is 3. The summed E-state index contributed by atoms with van der Waals surface area (Å²) in [4.78, 5) is 22.1. The lowest BCUT2D eigenvalue weighted by Gasteiger charge is -2.12. The normalized spacial score (nSPS) is 18.4. The van der Waals surface area contributed by atoms with Crippen molar-refractivity contribution in [2.24, 2.45) is 0 Å². The largest absolute Gasteiger partial charge is 0.273 e. The molecule has 1 aliphatic rings. The Kier molecular flexibility index (Phi) is 2.70. The van der Waals surface area contributed by atoms with E-state index >= 15 is 0 Å². The predicted octanol–water partition coefficient (Wildman–Crippen LogP) is -0.125. The van der Waals surface area contributed by atoms with Gasteiger partial charge in [-0.05, 0) is 6.42 Å². The number of amides is 2. The first-order valence-corrected chi connectivity index (χ1v) is 5.68. The molecule has 0 spiro atoms. The Labute approximate surface area is 76.8 Å². The first kappa shape index (κ1) is 10.2. The van der Waals surface area contributed by atoms with E-state index in [2.05, 4.69) is 0 Å². The lowest BCUT2D eigenvalue weighted by atomic mass is 10.4. The average molecular weight is 205 g/mol. The maximum atomic E-state index is 11.3. The first-order valence-electron chi connectivity index (χ1n) is 4.07. The minimum atomic E-state index is -3.67. The van der Waals surface area contributed by atoms with Gasteiger partial charge in [-0.25, -0.2) is 8.42 Å². The van der Waals surface area contributed by atoms with E-state index in [1.54, 1.807) is 6.92 Å². The maximum absolute atomic E-state index is 11.3. The fraction of sp³-hybridized carbons (Fsp3) is 0.714. The first-order chi connectivity index (χ1) is 5.99. The Morgan fingerprint density at radius 3 is 2.08 bits per heavy atom. The summed E-state index contributed by atoms with van der Waals surface area (Å²) in [5, 5.41) is 0. The fourth-order valence-corrected chi connectivity index (χ4v) is 2.72. The van der Waals surface area contributed by atoms with Gasteiger partial charge < -0.3 is 0 Å². The number of carbonyl (C=O) groups is 2. The third-order valence-corrected chi connectivity index (χ3v) is 3.63. The molecule has 1 fully saturated rings. The zero-order chi connectivity index (χ0) is 10.1. The molecular weight excluding hydrogens is 194 g/mol. The molecular formula is C7H11NO4S. The van der Waals surface area contributed by atoms with Gasteiger partial charge in [0.2, 0.25) is 21.8 Å². The van der Waals surface area contributed by atoms with Crippen LogP contribution in [0.2, 0.25) is 0 Å². The fourth-order valence-electron chi connectivity index (χ4n) is 1.22. The number of carbonyl (C=O) groups excluding carboxylic acids is 2. The quantitative estimate of drug-likeness (QED) is 0.602. The molecule has 6 heteroatoms. The Hall–Kier alpha value is -0.910. The summed E-state index contributed by atoms with van der Waals surface area (Å²) in [7, 11) is -3.67. The minimum Gasteiger partial charge on any atom is -0.273 e. The second kappa shape index (κ2) is 3.45. The number of hydrogen-bond acceptors (Lipinski definition) is 4. The van der Waals surface area contributed by atoms with Gasteiger partial charge in [0.05, 0.1) is 5.75 Å². The molecule has 0 saturated carbocycles. The van der Waals surface area contributed by atoms with Crippen molar-refractivity contribution in [2.45, 2.75) is 26.2 Å². The lowest BCUT2D eigenvalue weighted by Crippen LogP contribution is -2.37. The van der Waals surface area contributed by atoms with Gasteiger partial charge in [-0.2, -0.15) is 4.31 Å². The molecule has 0 atom stereocenters. The third-order valence-electron chi connectivity index (χ3n) is 1.75. The van der Waals surface area contributed by atoms with Crippen molar-refractivity contribution in [3.8, 4) is 0 Å². The van der Waals surface area contributed by atoms with Crippen LogP contribution in [0, 0.1) is 0 Å². The molecule has 2 amide bonds. The maximum Gasteiger partial charge on any atom is 0.243 e. The molecule has 1 rings (SSSR count). The van der Waals surface area contributed by atoms with E-state index in [4.69, 9.17) is 0 Å². The highest BCUT2D eigenvalue weighted by Crippen LogP contribution is 2.16. The average Bonchev–Trinajstić information content (AvgIpc) is 2.31. The number of hydrogen-bond donors (Lipinski definition) is 0. The lowest BCUT2D eigenvalue weighted by molar-refractivity contribution is -0.132. The van der Waals surface area contributed by atoms with Gasteiger partial charge in [-0.3, -0.25) is 9.59 Å². The van der Waals surface area contributed by atoms with Crippen molar-refractivity contribution in [1.82, 2.24) is 4.31 Å². The van der Waals surface area contributed by atoms with Gasteiger partial charge >= 0.3 is 0 Å². The summed E-state index contributed by atoms with van der Waals surface area (Å²) >= 11 is 0. The van der Waals surface area contributed by atoms with E-state index in [1.807, 2.05) is 0 Å². The van der Waals surface area contributed by atoms with E-state index in [1.165, 1.54) is 0 Å². The number of imide groups is 1. The third kappa shape index (κ3) is 1.88. The van der Waals surface area contributed by atoms with Crippen LogP contribution in [0.5, 0.6) is 0 Å². The van der Waals surface area contributed by atoms with Crippen molar-refractivity contribution in [1.29, 1.82) is 0 Å². The van der Waals surface area contributed by atoms with Crippen LogP contribution in [0.25, 0.3) is 0 Å². The molecule has 0 aromatic rings. The van der Waals surface area contributed by atoms with Gasteiger partial charge in [0.15, 0.2) is 0 Å². The van der Waals surface area contributed by atoms with E-state index in [9.17, 15) is 18.0 Å². The molecule has 0 radical (unpaired) electrons. The van der Waals surface area contributed by atoms with Gasteiger partial charge in [0, 0.05) is 12.8 Å². The summed E-state index contributed by atoms with van der Waals surface area (Å²) in [6.07, 6.45) is 0.433. The van der Waals surface area contributed by atoms with Crippen molar-refractivity contribution in [3.05, 3.63) is 0 Å². The van der Waals surface area contributed by atoms with Crippen molar-refractivity contribution >= 4 is 21.8 Å². The molecule has 0 aromatic carbocycles. The highest BCUT2D eigenvalue weighted by Gasteiger charge is 2.37. The Morgan fingerprint density at radius 1 is 1.23 bits per heavy atom. The van der Waals surface area contributed by atoms with Crippen LogP contribution in [0.15, 0.2) is 0 Å². The van der Waals surface area contributed by atoms with Gasteiger partial charge in [-0.1, -0.05) is 6.92 Å². The highest BCUT2D eigenvalue weighted by atomic mass is 32.2. The van der Waals surface area contributed by atoms with Crippen LogP contribution in [-0.4, -0.2) is 30.3 Å². The molecule has 0 aromatic heterocycles. The zero-order valence-corrected chi connectivity index (χ0v) is 8.13. The van der Waals surface area contributed by atoms with Gasteiger partial charge in [0.1, 0.15) is 0 Å². The molecule has 1 aliphatic heterocycles. The van der Waals surface area contributed by atoms with Crippen LogP contribution < -0.4 is 0 Å². The molecule has 0 N–H and O–H groups in total. The van der Waals surface area contributed by atoms with E-state index < -0.39 is 21.8 Å². The topological polar surface area (TPSA) is 71.5 Å². The summed E-state index contributed by atoms with van der Waals surface area (Å²) in [5.74, 6) is -1.35. The van der Waals surface area contributed by atoms with Crippen LogP contribution >= 0.6 is 0 Å². The van der Waals surface area contributed by atoms with Crippen molar-refractivity contribution < 1.29 is 18.0 Å². The number of sulfonamides is 1. The van der Waals surface area contributed by atoms with Crippen LogP contribution in [-0.2, 0) is 19.6 Å². The standard InChI is InChI=1S/C7H11NO4S/c1-2-5-13(11,12)8-6(9)3-4-7(8)10/h2-5H2,1H3. The molecule has 0 aliphatic carbocycles. The van der Waals surface area contributed by atoms with Crippen LogP contribution in [0.3, 0.4) is 0 Å². The van der Waals surface area contributed by atoms with E-state index in [-0.39, 0.29) is 18.6 Å². The SMILES string of the molecule is CCCS(=O)(=O)N1C(=O)CCC1=O. The summed E-state index contributed by atoms with van der Waals surface area (Å²) < 4.78 is 23.1. The Bertz CT molecular complexity index is 316. The van der Waals surface area contributed by atoms with E-state index in [0.717, 1.165) is 0 Å². The van der Waals surface area contributed by atoms with Gasteiger partial charge in [-0.15, -0.1) is 0 Å². The number of nitrogens with zero attached hydrogens (tertiary/aromatic N) is 1. The minimum absolute atomic E-state index is 0.0157. The molecule has 0 unspecified atom stereocenters. The highest BCUT2D eigenvalue weighted by molar-refractivity contribution is 7.90. The van der Waals surface area contributed by atoms with Gasteiger partial charge in [0.25, 0.3) is 0 Å². The molecule has 13 heavy (non-hydrogen) atoms. The smallest absolute Gasteiger partial charge is 0.243 e. The molecule has 5 nitrogen and oxygen atoms in total. The van der Waals surface area contributed by atoms with Crippen LogP contribution in [0.1, 0.15) is 26.2 Å². The van der Waals surface area contributed by atoms with Crippen LogP contribution in [0.4, 0.5) is 0 Å². The summed E-state index contributed by atoms with van der Waals surface area (Å²) in [5.41, 5.74) is 0. The molecule has 74 valence electrons. The second-order valence-corrected chi connectivity index (χ2v) is 4.81.